The molecule has 0 bridgehead atoms. The highest BCUT2D eigenvalue weighted by Crippen LogP contribution is 2.43. The van der Waals surface area contributed by atoms with Crippen molar-refractivity contribution in [2.75, 3.05) is 19.7 Å². The van der Waals surface area contributed by atoms with E-state index in [2.05, 4.69) is 23.7 Å². The lowest BCUT2D eigenvalue weighted by Crippen LogP contribution is -2.54. The zero-order chi connectivity index (χ0) is 31.1. The van der Waals surface area contributed by atoms with Gasteiger partial charge in [0.15, 0.2) is 0 Å². The lowest BCUT2D eigenvalue weighted by atomic mass is 9.87. The van der Waals surface area contributed by atoms with E-state index in [1.165, 1.54) is 13.0 Å². The summed E-state index contributed by atoms with van der Waals surface area (Å²) < 4.78 is 23.3. The summed E-state index contributed by atoms with van der Waals surface area (Å²) in [5.74, 6) is -0.398. The molecule has 0 aromatic heterocycles. The minimum Gasteiger partial charge on any atom is -0.459 e. The molecule has 0 aromatic rings. The average molecular weight is 606 g/mol. The molecule has 4 aliphatic heterocycles. The molecule has 43 heavy (non-hydrogen) atoms. The number of epoxide rings is 1. The molecule has 4 heterocycles. The molecule has 4 aliphatic rings. The van der Waals surface area contributed by atoms with E-state index in [4.69, 9.17) is 18.9 Å². The van der Waals surface area contributed by atoms with Crippen molar-refractivity contribution in [1.29, 1.82) is 0 Å². The molecule has 1 spiro atoms. The molecule has 242 valence electrons. The summed E-state index contributed by atoms with van der Waals surface area (Å²) in [6.45, 7) is 11.3. The molecule has 0 aliphatic carbocycles. The van der Waals surface area contributed by atoms with Gasteiger partial charge in [0.1, 0.15) is 30.1 Å². The maximum Gasteiger partial charge on any atom is 0.303 e. The molecule has 11 nitrogen and oxygen atoms in total. The third-order valence-electron chi connectivity index (χ3n) is 8.90. The Morgan fingerprint density at radius 1 is 1.21 bits per heavy atom. The van der Waals surface area contributed by atoms with Gasteiger partial charge in [-0.25, -0.2) is 5.01 Å². The van der Waals surface area contributed by atoms with Crippen molar-refractivity contribution in [2.24, 2.45) is 5.92 Å². The van der Waals surface area contributed by atoms with Crippen molar-refractivity contribution < 1.29 is 38.7 Å². The van der Waals surface area contributed by atoms with Gasteiger partial charge in [-0.2, -0.15) is 0 Å². The summed E-state index contributed by atoms with van der Waals surface area (Å²) in [6.07, 6.45) is 10.9. The Morgan fingerprint density at radius 3 is 2.65 bits per heavy atom. The van der Waals surface area contributed by atoms with Crippen LogP contribution in [0.25, 0.3) is 0 Å². The second-order valence-electron chi connectivity index (χ2n) is 12.7. The highest BCUT2D eigenvalue weighted by molar-refractivity contribution is 5.87. The van der Waals surface area contributed by atoms with E-state index in [1.807, 2.05) is 31.0 Å². The number of rotatable bonds is 11. The van der Waals surface area contributed by atoms with E-state index < -0.39 is 36.1 Å². The van der Waals surface area contributed by atoms with Crippen molar-refractivity contribution in [2.45, 2.75) is 128 Å². The molecule has 0 saturated carbocycles. The molecule has 10 atom stereocenters. The minimum absolute atomic E-state index is 0.0138. The molecule has 4 fully saturated rings. The third-order valence-corrected chi connectivity index (χ3v) is 8.90. The largest absolute Gasteiger partial charge is 0.459 e. The van der Waals surface area contributed by atoms with Crippen molar-refractivity contribution in [1.82, 2.24) is 15.8 Å². The molecular formula is C32H51N3O8. The van der Waals surface area contributed by atoms with Crippen LogP contribution >= 0.6 is 0 Å². The monoisotopic (exact) mass is 605 g/mol. The number of esters is 1. The molecule has 0 aromatic carbocycles. The third kappa shape index (κ3) is 9.68. The van der Waals surface area contributed by atoms with Crippen LogP contribution in [-0.4, -0.2) is 101 Å². The maximum absolute atomic E-state index is 12.4. The number of aliphatic hydroxyl groups excluding tert-OH is 2. The van der Waals surface area contributed by atoms with Gasteiger partial charge in [-0.3, -0.25) is 15.0 Å². The van der Waals surface area contributed by atoms with E-state index in [0.29, 0.717) is 19.4 Å². The Hall–Kier alpha value is -2.12. The highest BCUT2D eigenvalue weighted by atomic mass is 16.6. The van der Waals surface area contributed by atoms with Crippen LogP contribution in [0.15, 0.2) is 36.0 Å². The zero-order valence-electron chi connectivity index (χ0n) is 26.2. The van der Waals surface area contributed by atoms with Gasteiger partial charge in [-0.1, -0.05) is 30.7 Å². The quantitative estimate of drug-likeness (QED) is 0.120. The van der Waals surface area contributed by atoms with E-state index in [9.17, 15) is 19.8 Å². The van der Waals surface area contributed by atoms with Crippen LogP contribution in [0.4, 0.5) is 0 Å². The Kier molecular flexibility index (Phi) is 12.0. The van der Waals surface area contributed by atoms with Gasteiger partial charge in [0, 0.05) is 38.9 Å². The summed E-state index contributed by atoms with van der Waals surface area (Å²) in [4.78, 5) is 23.4. The molecule has 4 saturated heterocycles. The van der Waals surface area contributed by atoms with Gasteiger partial charge >= 0.3 is 5.97 Å². The normalized spacial score (nSPS) is 37.0. The smallest absolute Gasteiger partial charge is 0.303 e. The molecular weight excluding hydrogens is 554 g/mol. The molecule has 4 rings (SSSR count). The van der Waals surface area contributed by atoms with Crippen LogP contribution in [0.1, 0.15) is 73.1 Å². The van der Waals surface area contributed by atoms with Crippen LogP contribution in [0.2, 0.25) is 0 Å². The summed E-state index contributed by atoms with van der Waals surface area (Å²) in [5, 5.41) is 26.6. The summed E-state index contributed by atoms with van der Waals surface area (Å²) in [5.41, 5.74) is 3.70. The first-order valence-corrected chi connectivity index (χ1v) is 15.8. The van der Waals surface area contributed by atoms with Crippen molar-refractivity contribution >= 4 is 11.9 Å². The number of hydrogen-bond acceptors (Lipinski definition) is 10. The van der Waals surface area contributed by atoms with E-state index >= 15 is 0 Å². The maximum atomic E-state index is 12.4. The van der Waals surface area contributed by atoms with E-state index in [-0.39, 0.29) is 36.2 Å². The highest BCUT2D eigenvalue weighted by Gasteiger charge is 2.58. The Morgan fingerprint density at radius 2 is 1.98 bits per heavy atom. The Labute approximate surface area is 255 Å². The Balaban J connectivity index is 1.26. The molecule has 0 radical (unpaired) electrons. The molecule has 11 heteroatoms. The first-order chi connectivity index (χ1) is 20.5. The fraction of sp³-hybridized carbons (Fsp3) is 0.750. The van der Waals surface area contributed by atoms with Gasteiger partial charge < -0.3 is 34.5 Å². The van der Waals surface area contributed by atoms with Gasteiger partial charge in [0.2, 0.25) is 5.91 Å². The number of ether oxygens (including phenoxy) is 4. The fourth-order valence-corrected chi connectivity index (χ4v) is 6.23. The summed E-state index contributed by atoms with van der Waals surface area (Å²) in [6, 6.07) is -0.114. The second-order valence-corrected chi connectivity index (χ2v) is 12.7. The van der Waals surface area contributed by atoms with Crippen LogP contribution in [0.3, 0.4) is 0 Å². The van der Waals surface area contributed by atoms with Crippen molar-refractivity contribution in [3.05, 3.63) is 36.0 Å². The van der Waals surface area contributed by atoms with E-state index in [0.717, 1.165) is 44.3 Å². The summed E-state index contributed by atoms with van der Waals surface area (Å²) in [7, 11) is 0. The number of allylic oxidation sites excluding steroid dienone is 2. The SMILES string of the molecule is CC(=O)OC(C)C=CC(=O)NC1CC(C)C(CC=C(C)C=CC2OC(CC(O)N3CCCCN3)CC3(CO3)C2O)OC1C. The predicted molar refractivity (Wildman–Crippen MR) is 160 cm³/mol. The standard InChI is InChI=1S/C32H51N3O8/c1-20(8-11-27-21(2)16-26(23(4)42-27)34-29(37)13-10-22(3)41-24(5)36)9-12-28-31(39)32(19-40-32)18-25(43-28)17-30(38)35-15-7-6-14-33-35/h8-10,12-13,21-23,25-28,30-31,33,38-39H,6-7,11,14-19H2,1-5H3,(H,34,37). The number of aliphatic hydroxyl groups is 2. The number of hydrazine groups is 1. The van der Waals surface area contributed by atoms with Crippen LogP contribution in [-0.2, 0) is 28.5 Å². The number of carbonyl (C=O) groups is 2. The zero-order valence-corrected chi connectivity index (χ0v) is 26.2. The van der Waals surface area contributed by atoms with Gasteiger partial charge in [0.05, 0.1) is 31.0 Å². The van der Waals surface area contributed by atoms with Gasteiger partial charge in [0.25, 0.3) is 0 Å². The van der Waals surface area contributed by atoms with E-state index in [1.54, 1.807) is 13.0 Å². The lowest BCUT2D eigenvalue weighted by molar-refractivity contribution is -0.156. The number of carbonyl (C=O) groups excluding carboxylic acids is 2. The number of nitrogens with one attached hydrogen (secondary N) is 2. The van der Waals surface area contributed by atoms with Crippen LogP contribution in [0, 0.1) is 5.92 Å². The predicted octanol–water partition coefficient (Wildman–Crippen LogP) is 2.28. The molecule has 4 N–H and O–H groups in total. The number of amides is 1. The Bertz CT molecular complexity index is 1040. The van der Waals surface area contributed by atoms with Gasteiger partial charge in [-0.15, -0.1) is 0 Å². The minimum atomic E-state index is -0.757. The first-order valence-electron chi connectivity index (χ1n) is 15.8. The van der Waals surface area contributed by atoms with Crippen LogP contribution < -0.4 is 10.7 Å². The van der Waals surface area contributed by atoms with Gasteiger partial charge in [-0.05, 0) is 58.4 Å². The number of nitrogens with zero attached hydrogens (tertiary/aromatic N) is 1. The van der Waals surface area contributed by atoms with Crippen molar-refractivity contribution in [3.63, 3.8) is 0 Å². The molecule has 1 amide bonds. The molecule has 10 unspecified atom stereocenters. The lowest BCUT2D eigenvalue weighted by Gasteiger charge is -2.39. The van der Waals surface area contributed by atoms with Crippen molar-refractivity contribution in [3.8, 4) is 0 Å². The fourth-order valence-electron chi connectivity index (χ4n) is 6.23. The average Bonchev–Trinajstić information content (AvgIpc) is 3.74. The first kappa shape index (κ1) is 33.8. The second kappa shape index (κ2) is 15.2. The van der Waals surface area contributed by atoms with Crippen LogP contribution in [0.5, 0.6) is 0 Å². The topological polar surface area (TPSA) is 142 Å². The summed E-state index contributed by atoms with van der Waals surface area (Å²) >= 11 is 0. The number of hydrogen-bond donors (Lipinski definition) is 4.